The Labute approximate surface area is 141 Å². The van der Waals surface area contributed by atoms with E-state index in [0.29, 0.717) is 0 Å². The molecule has 2 rings (SSSR count). The molecule has 2 bridgehead atoms. The van der Waals surface area contributed by atoms with Crippen molar-refractivity contribution in [3.05, 3.63) is 0 Å². The van der Waals surface area contributed by atoms with Crippen molar-refractivity contribution in [2.24, 2.45) is 0 Å². The van der Waals surface area contributed by atoms with Crippen LogP contribution in [0, 0.1) is 0 Å². The highest BCUT2D eigenvalue weighted by Crippen LogP contribution is 2.42. The number of carbonyl (C=O) groups is 1. The first-order valence-electron chi connectivity index (χ1n) is 9.48. The van der Waals surface area contributed by atoms with Gasteiger partial charge < -0.3 is 14.7 Å². The van der Waals surface area contributed by atoms with Gasteiger partial charge in [0.25, 0.3) is 0 Å². The minimum atomic E-state index is -0.581. The lowest BCUT2D eigenvalue weighted by Crippen LogP contribution is -2.60. The molecule has 0 aromatic carbocycles. The van der Waals surface area contributed by atoms with E-state index in [1.54, 1.807) is 0 Å². The summed E-state index contributed by atoms with van der Waals surface area (Å²) in [6.45, 7) is 7.94. The van der Waals surface area contributed by atoms with Gasteiger partial charge in [0.15, 0.2) is 0 Å². The third-order valence-corrected chi connectivity index (χ3v) is 5.19. The first-order chi connectivity index (χ1) is 10.7. The molecular weight excluding hydrogens is 290 g/mol. The Morgan fingerprint density at radius 2 is 1.78 bits per heavy atom. The number of piperidine rings is 2. The van der Waals surface area contributed by atoms with Crippen LogP contribution in [0.4, 0.5) is 4.79 Å². The van der Waals surface area contributed by atoms with E-state index in [1.807, 2.05) is 25.7 Å². The van der Waals surface area contributed by atoms with Crippen LogP contribution < -0.4 is 0 Å². The number of hydrogen-bond donors (Lipinski definition) is 1. The summed E-state index contributed by atoms with van der Waals surface area (Å²) in [6, 6.07) is 0.294. The molecule has 2 aliphatic heterocycles. The van der Waals surface area contributed by atoms with Gasteiger partial charge in [0.2, 0.25) is 0 Å². The predicted octanol–water partition coefficient (Wildman–Crippen LogP) is 4.64. The van der Waals surface area contributed by atoms with Gasteiger partial charge >= 0.3 is 6.09 Å². The molecule has 0 spiro atoms. The van der Waals surface area contributed by atoms with Gasteiger partial charge in [-0.1, -0.05) is 32.6 Å². The molecule has 0 aliphatic carbocycles. The Hall–Kier alpha value is -0.770. The number of fused-ring (bicyclic) bond motifs is 2. The Bertz CT molecular complexity index is 388. The quantitative estimate of drug-likeness (QED) is 0.749. The minimum absolute atomic E-state index is 0.147. The highest BCUT2D eigenvalue weighted by molar-refractivity contribution is 5.69. The molecule has 2 aliphatic rings. The summed E-state index contributed by atoms with van der Waals surface area (Å²) >= 11 is 0. The molecule has 0 saturated carbocycles. The summed E-state index contributed by atoms with van der Waals surface area (Å²) in [7, 11) is 0. The molecule has 4 nitrogen and oxygen atoms in total. The Kier molecular flexibility index (Phi) is 5.99. The van der Waals surface area contributed by atoms with Crippen molar-refractivity contribution in [2.45, 2.75) is 115 Å². The number of ether oxygens (including phenoxy) is 1. The molecule has 2 fully saturated rings. The standard InChI is InChI=1S/C19H35NO3/c1-5-6-7-8-12-19(22)13-15-10-9-11-16(14-19)20(15)17(21)23-18(2,3)4/h15-16,22H,5-14H2,1-4H3. The van der Waals surface area contributed by atoms with Crippen LogP contribution in [0.1, 0.15) is 91.9 Å². The van der Waals surface area contributed by atoms with Crippen LogP contribution >= 0.6 is 0 Å². The fraction of sp³-hybridized carbons (Fsp3) is 0.947. The molecule has 0 aromatic rings. The summed E-state index contributed by atoms with van der Waals surface area (Å²) in [5.74, 6) is 0. The normalized spacial score (nSPS) is 31.1. The van der Waals surface area contributed by atoms with Crippen molar-refractivity contribution in [3.63, 3.8) is 0 Å². The average molecular weight is 325 g/mol. The summed E-state index contributed by atoms with van der Waals surface area (Å²) < 4.78 is 5.60. The maximum Gasteiger partial charge on any atom is 0.410 e. The molecule has 2 heterocycles. The predicted molar refractivity (Wildman–Crippen MR) is 92.4 cm³/mol. The van der Waals surface area contributed by atoms with Crippen molar-refractivity contribution >= 4 is 6.09 Å². The molecule has 2 saturated heterocycles. The minimum Gasteiger partial charge on any atom is -0.444 e. The van der Waals surface area contributed by atoms with Gasteiger partial charge in [0.05, 0.1) is 5.60 Å². The number of unbranched alkanes of at least 4 members (excludes halogenated alkanes) is 3. The number of amides is 1. The molecule has 0 aromatic heterocycles. The monoisotopic (exact) mass is 325 g/mol. The maximum absolute atomic E-state index is 12.6. The first kappa shape index (κ1) is 18.6. The van der Waals surface area contributed by atoms with E-state index in [9.17, 15) is 9.90 Å². The molecule has 0 radical (unpaired) electrons. The van der Waals surface area contributed by atoms with Gasteiger partial charge in [0, 0.05) is 12.1 Å². The molecular formula is C19H35NO3. The molecule has 2 atom stereocenters. The number of carbonyl (C=O) groups excluding carboxylic acids is 1. The molecule has 1 N–H and O–H groups in total. The van der Waals surface area contributed by atoms with E-state index in [1.165, 1.54) is 19.3 Å². The van der Waals surface area contributed by atoms with E-state index in [2.05, 4.69) is 6.92 Å². The van der Waals surface area contributed by atoms with E-state index in [4.69, 9.17) is 4.74 Å². The van der Waals surface area contributed by atoms with Gasteiger partial charge in [0.1, 0.15) is 5.60 Å². The molecule has 1 amide bonds. The topological polar surface area (TPSA) is 49.8 Å². The number of nitrogens with zero attached hydrogens (tertiary/aromatic N) is 1. The van der Waals surface area contributed by atoms with Crippen LogP contribution in [0.25, 0.3) is 0 Å². The van der Waals surface area contributed by atoms with Gasteiger partial charge in [-0.3, -0.25) is 0 Å². The lowest BCUT2D eigenvalue weighted by molar-refractivity contribution is -0.0965. The van der Waals surface area contributed by atoms with Crippen molar-refractivity contribution in [3.8, 4) is 0 Å². The highest BCUT2D eigenvalue weighted by Gasteiger charge is 2.47. The lowest BCUT2D eigenvalue weighted by Gasteiger charge is -2.51. The molecule has 2 unspecified atom stereocenters. The van der Waals surface area contributed by atoms with Crippen LogP contribution in [-0.2, 0) is 4.74 Å². The van der Waals surface area contributed by atoms with Gasteiger partial charge in [-0.2, -0.15) is 0 Å². The zero-order chi connectivity index (χ0) is 17.1. The second-order valence-electron chi connectivity index (χ2n) is 8.57. The zero-order valence-electron chi connectivity index (χ0n) is 15.4. The van der Waals surface area contributed by atoms with Crippen LogP contribution in [0.5, 0.6) is 0 Å². The van der Waals surface area contributed by atoms with Crippen LogP contribution in [0.3, 0.4) is 0 Å². The molecule has 23 heavy (non-hydrogen) atoms. The fourth-order valence-electron chi connectivity index (χ4n) is 4.22. The molecule has 4 heteroatoms. The number of rotatable bonds is 5. The van der Waals surface area contributed by atoms with Crippen molar-refractivity contribution in [1.29, 1.82) is 0 Å². The Morgan fingerprint density at radius 1 is 1.17 bits per heavy atom. The van der Waals surface area contributed by atoms with Crippen LogP contribution in [0.2, 0.25) is 0 Å². The maximum atomic E-state index is 12.6. The average Bonchev–Trinajstić information content (AvgIpc) is 2.40. The van der Waals surface area contributed by atoms with Crippen molar-refractivity contribution < 1.29 is 14.6 Å². The highest BCUT2D eigenvalue weighted by atomic mass is 16.6. The van der Waals surface area contributed by atoms with Crippen molar-refractivity contribution in [2.75, 3.05) is 0 Å². The summed E-state index contributed by atoms with van der Waals surface area (Å²) in [6.07, 6.45) is 10.0. The fourth-order valence-corrected chi connectivity index (χ4v) is 4.22. The Balaban J connectivity index is 1.98. The smallest absolute Gasteiger partial charge is 0.410 e. The summed E-state index contributed by atoms with van der Waals surface area (Å²) in [4.78, 5) is 14.5. The number of aliphatic hydroxyl groups is 1. The van der Waals surface area contributed by atoms with E-state index in [0.717, 1.165) is 44.9 Å². The van der Waals surface area contributed by atoms with Gasteiger partial charge in [-0.25, -0.2) is 4.79 Å². The van der Waals surface area contributed by atoms with Crippen molar-refractivity contribution in [1.82, 2.24) is 4.90 Å². The van der Waals surface area contributed by atoms with Crippen LogP contribution in [-0.4, -0.2) is 39.4 Å². The van der Waals surface area contributed by atoms with Crippen LogP contribution in [0.15, 0.2) is 0 Å². The Morgan fingerprint density at radius 3 is 2.30 bits per heavy atom. The number of hydrogen-bond acceptors (Lipinski definition) is 3. The largest absolute Gasteiger partial charge is 0.444 e. The second kappa shape index (κ2) is 7.42. The van der Waals surface area contributed by atoms with Gasteiger partial charge in [-0.05, 0) is 59.3 Å². The third-order valence-electron chi connectivity index (χ3n) is 5.19. The summed E-state index contributed by atoms with van der Waals surface area (Å²) in [5.41, 5.74) is -1.04. The zero-order valence-corrected chi connectivity index (χ0v) is 15.4. The van der Waals surface area contributed by atoms with E-state index >= 15 is 0 Å². The second-order valence-corrected chi connectivity index (χ2v) is 8.57. The first-order valence-corrected chi connectivity index (χ1v) is 9.48. The van der Waals surface area contributed by atoms with E-state index < -0.39 is 11.2 Å². The lowest BCUT2D eigenvalue weighted by atomic mass is 9.73. The molecule has 134 valence electrons. The van der Waals surface area contributed by atoms with E-state index in [-0.39, 0.29) is 18.2 Å². The summed E-state index contributed by atoms with van der Waals surface area (Å²) in [5, 5.41) is 11.0. The van der Waals surface area contributed by atoms with Gasteiger partial charge in [-0.15, -0.1) is 0 Å². The third kappa shape index (κ3) is 5.10. The SMILES string of the molecule is CCCCCCC1(O)CC2CCCC(C1)N2C(=O)OC(C)(C)C.